The monoisotopic (exact) mass is 602 g/mol. The van der Waals surface area contributed by atoms with Crippen molar-refractivity contribution in [1.29, 1.82) is 0 Å². The molecule has 0 amide bonds. The molecule has 40 heavy (non-hydrogen) atoms. The lowest BCUT2D eigenvalue weighted by atomic mass is 9.92. The molecule has 1 aromatic heterocycles. The van der Waals surface area contributed by atoms with E-state index in [4.69, 9.17) is 37.3 Å². The highest BCUT2D eigenvalue weighted by Crippen LogP contribution is 2.52. The normalized spacial score (nSPS) is 24.4. The van der Waals surface area contributed by atoms with Crippen LogP contribution in [-0.4, -0.2) is 85.2 Å². The van der Waals surface area contributed by atoms with E-state index in [1.54, 1.807) is 27.7 Å². The van der Waals surface area contributed by atoms with E-state index in [2.05, 4.69) is 4.74 Å². The topological polar surface area (TPSA) is 192 Å². The van der Waals surface area contributed by atoms with Crippen LogP contribution in [0.3, 0.4) is 0 Å². The van der Waals surface area contributed by atoms with Gasteiger partial charge in [-0.3, -0.25) is 23.4 Å². The molecule has 2 heterocycles. The third-order valence-electron chi connectivity index (χ3n) is 5.33. The minimum absolute atomic E-state index is 0.0817. The number of phosphoric ester groups is 1. The molecule has 2 N–H and O–H groups in total. The van der Waals surface area contributed by atoms with Crippen molar-refractivity contribution in [2.45, 2.75) is 64.8 Å². The number of aliphatic hydroxyl groups is 1. The van der Waals surface area contributed by atoms with Gasteiger partial charge in [0.05, 0.1) is 24.9 Å². The third-order valence-corrected chi connectivity index (χ3v) is 6.61. The number of ether oxygens (including phenoxy) is 6. The van der Waals surface area contributed by atoms with Gasteiger partial charge in [-0.15, -0.1) is 0 Å². The van der Waals surface area contributed by atoms with E-state index in [1.165, 1.54) is 6.92 Å². The number of H-pyrrole nitrogens is 1. The largest absolute Gasteiger partial charge is 0.510 e. The molecule has 1 aliphatic heterocycles. The Labute approximate surface area is 229 Å². The molecule has 0 saturated carbocycles. The number of halogens is 1. The zero-order chi connectivity index (χ0) is 29.9. The van der Waals surface area contributed by atoms with Gasteiger partial charge in [-0.2, -0.15) is 0 Å². The van der Waals surface area contributed by atoms with Crippen molar-refractivity contribution >= 4 is 14.0 Å². The van der Waals surface area contributed by atoms with Gasteiger partial charge in [-0.05, 0) is 27.7 Å². The smallest absolute Gasteiger partial charge is 0.432 e. The third kappa shape index (κ3) is 10.0. The van der Waals surface area contributed by atoms with Crippen molar-refractivity contribution in [3.05, 3.63) is 33.1 Å². The quantitative estimate of drug-likeness (QED) is 0.113. The van der Waals surface area contributed by atoms with Crippen molar-refractivity contribution < 1.29 is 60.8 Å². The van der Waals surface area contributed by atoms with Crippen molar-refractivity contribution in [3.8, 4) is 0 Å². The standard InChI is InChI=1S/C22H36FN2O14P/c1-14(2)33-11-31-10-32-12-36-40(30,37-13-34-21(29)38-15(3)4)35-9-22(8-23)18(27)16(5)19(39-22)25-7-6-17(26)24-20(25)28/h6-7,14-16,18-19,27H,8-13H2,1-5H3,(H,24,26,28)/t16-,18-,19+,22+,40?/m0/s1. The summed E-state index contributed by atoms with van der Waals surface area (Å²) in [6.07, 6.45) is -3.38. The summed E-state index contributed by atoms with van der Waals surface area (Å²) in [4.78, 5) is 37.3. The first-order chi connectivity index (χ1) is 18.8. The second-order valence-electron chi connectivity index (χ2n) is 9.16. The molecule has 0 radical (unpaired) electrons. The average molecular weight is 603 g/mol. The van der Waals surface area contributed by atoms with E-state index in [1.807, 2.05) is 4.98 Å². The zero-order valence-electron chi connectivity index (χ0n) is 22.8. The number of aromatic amines is 1. The predicted octanol–water partition coefficient (Wildman–Crippen LogP) is 1.78. The van der Waals surface area contributed by atoms with Gasteiger partial charge in [0.1, 0.15) is 25.3 Å². The molecule has 230 valence electrons. The SMILES string of the molecule is CC(C)OCOCOCOP(=O)(OCOC(=O)OC(C)C)OC[C@@]1(CF)O[C@@H](n2ccc(=O)[nH]c2=O)[C@@H](C)[C@@H]1O. The first-order valence-corrected chi connectivity index (χ1v) is 13.7. The molecule has 0 aromatic carbocycles. The average Bonchev–Trinajstić information content (AvgIpc) is 3.12. The molecular formula is C22H36FN2O14P. The number of alkyl halides is 1. The fourth-order valence-electron chi connectivity index (χ4n) is 3.34. The Morgan fingerprint density at radius 2 is 1.80 bits per heavy atom. The Morgan fingerprint density at radius 1 is 1.12 bits per heavy atom. The Hall–Kier alpha value is -2.21. The molecule has 1 saturated heterocycles. The van der Waals surface area contributed by atoms with Gasteiger partial charge in [-0.25, -0.2) is 23.1 Å². The van der Waals surface area contributed by atoms with E-state index < -0.39 is 82.0 Å². The summed E-state index contributed by atoms with van der Waals surface area (Å²) in [7, 11) is -4.66. The molecule has 5 atom stereocenters. The van der Waals surface area contributed by atoms with Crippen LogP contribution in [0.1, 0.15) is 40.8 Å². The lowest BCUT2D eigenvalue weighted by Gasteiger charge is -2.30. The maximum Gasteiger partial charge on any atom is 0.510 e. The molecule has 16 nitrogen and oxygen atoms in total. The van der Waals surface area contributed by atoms with Crippen molar-refractivity contribution in [3.63, 3.8) is 0 Å². The zero-order valence-corrected chi connectivity index (χ0v) is 23.7. The van der Waals surface area contributed by atoms with E-state index >= 15 is 0 Å². The lowest BCUT2D eigenvalue weighted by molar-refractivity contribution is -0.168. The number of nitrogens with one attached hydrogen (secondary N) is 1. The summed E-state index contributed by atoms with van der Waals surface area (Å²) in [5, 5.41) is 10.8. The Balaban J connectivity index is 2.09. The van der Waals surface area contributed by atoms with Crippen molar-refractivity contribution in [1.82, 2.24) is 9.55 Å². The molecule has 1 fully saturated rings. The van der Waals surface area contributed by atoms with Gasteiger partial charge in [0.25, 0.3) is 5.56 Å². The molecule has 0 aliphatic carbocycles. The number of nitrogens with zero attached hydrogens (tertiary/aromatic N) is 1. The lowest BCUT2D eigenvalue weighted by Crippen LogP contribution is -2.47. The van der Waals surface area contributed by atoms with Crippen molar-refractivity contribution in [2.75, 3.05) is 40.5 Å². The van der Waals surface area contributed by atoms with Crippen LogP contribution in [0, 0.1) is 5.92 Å². The minimum Gasteiger partial charge on any atom is -0.432 e. The first kappa shape index (κ1) is 34.0. The summed E-state index contributed by atoms with van der Waals surface area (Å²) in [5.41, 5.74) is -3.65. The highest BCUT2D eigenvalue weighted by Gasteiger charge is 2.55. The number of rotatable bonds is 17. The summed E-state index contributed by atoms with van der Waals surface area (Å²) < 4.78 is 74.2. The van der Waals surface area contributed by atoms with E-state index in [9.17, 15) is 28.4 Å². The summed E-state index contributed by atoms with van der Waals surface area (Å²) >= 11 is 0. The van der Waals surface area contributed by atoms with Gasteiger partial charge >= 0.3 is 19.7 Å². The number of carbonyl (C=O) groups excluding carboxylic acids is 1. The maximum atomic E-state index is 14.3. The highest BCUT2D eigenvalue weighted by atomic mass is 31.2. The number of aromatic nitrogens is 2. The molecule has 0 spiro atoms. The summed E-state index contributed by atoms with van der Waals surface area (Å²) in [6, 6.07) is 1.05. The molecule has 2 rings (SSSR count). The van der Waals surface area contributed by atoms with Crippen LogP contribution < -0.4 is 11.2 Å². The molecule has 0 bridgehead atoms. The van der Waals surface area contributed by atoms with Gasteiger partial charge in [0, 0.05) is 18.2 Å². The maximum absolute atomic E-state index is 14.3. The summed E-state index contributed by atoms with van der Waals surface area (Å²) in [5.74, 6) is -0.883. The number of carbonyl (C=O) groups is 1. The predicted molar refractivity (Wildman–Crippen MR) is 132 cm³/mol. The van der Waals surface area contributed by atoms with Crippen LogP contribution in [0.15, 0.2) is 21.9 Å². The second kappa shape index (κ2) is 15.7. The van der Waals surface area contributed by atoms with Gasteiger partial charge in [0.2, 0.25) is 6.79 Å². The van der Waals surface area contributed by atoms with Crippen LogP contribution in [0.4, 0.5) is 9.18 Å². The van der Waals surface area contributed by atoms with E-state index in [0.717, 1.165) is 16.8 Å². The Kier molecular flexibility index (Phi) is 13.3. The second-order valence-corrected chi connectivity index (χ2v) is 10.8. The fraction of sp³-hybridized carbons (Fsp3) is 0.773. The van der Waals surface area contributed by atoms with Crippen LogP contribution in [0.25, 0.3) is 0 Å². The van der Waals surface area contributed by atoms with Gasteiger partial charge in [-0.1, -0.05) is 6.92 Å². The number of hydrogen-bond acceptors (Lipinski definition) is 14. The fourth-order valence-corrected chi connectivity index (χ4v) is 4.32. The Bertz CT molecular complexity index is 1100. The van der Waals surface area contributed by atoms with Gasteiger partial charge in [0.15, 0.2) is 13.6 Å². The molecule has 1 unspecified atom stereocenters. The van der Waals surface area contributed by atoms with Crippen LogP contribution >= 0.6 is 7.82 Å². The van der Waals surface area contributed by atoms with E-state index in [-0.39, 0.29) is 19.7 Å². The van der Waals surface area contributed by atoms with Crippen LogP contribution in [0.2, 0.25) is 0 Å². The number of hydrogen-bond donors (Lipinski definition) is 2. The Morgan fingerprint density at radius 3 is 2.42 bits per heavy atom. The van der Waals surface area contributed by atoms with E-state index in [0.29, 0.717) is 0 Å². The molecule has 1 aromatic rings. The molecular weight excluding hydrogens is 566 g/mol. The number of aliphatic hydroxyl groups excluding tert-OH is 1. The van der Waals surface area contributed by atoms with Crippen LogP contribution in [-0.2, 0) is 46.6 Å². The number of phosphoric acid groups is 1. The molecule has 18 heteroatoms. The minimum atomic E-state index is -4.66. The van der Waals surface area contributed by atoms with Gasteiger partial charge < -0.3 is 33.5 Å². The first-order valence-electron chi connectivity index (χ1n) is 12.2. The highest BCUT2D eigenvalue weighted by molar-refractivity contribution is 7.48. The van der Waals surface area contributed by atoms with Crippen molar-refractivity contribution in [2.24, 2.45) is 5.92 Å². The molecule has 1 aliphatic rings. The van der Waals surface area contributed by atoms with Crippen LogP contribution in [0.5, 0.6) is 0 Å². The summed E-state index contributed by atoms with van der Waals surface area (Å²) in [6.45, 7) is 3.93.